The Morgan fingerprint density at radius 3 is 1.96 bits per heavy atom. The summed E-state index contributed by atoms with van der Waals surface area (Å²) in [4.78, 5) is 9.21. The molecule has 3 rings (SSSR count). The molecule has 0 saturated carbocycles. The van der Waals surface area contributed by atoms with Crippen molar-refractivity contribution in [3.8, 4) is 0 Å². The highest BCUT2D eigenvalue weighted by atomic mass is 79.9. The zero-order chi connectivity index (χ0) is 16.8. The van der Waals surface area contributed by atoms with Crippen LogP contribution in [0, 0.1) is 11.6 Å². The largest absolute Gasteiger partial charge is 0.300 e. The van der Waals surface area contributed by atoms with Crippen molar-refractivity contribution in [1.82, 2.24) is 14.8 Å². The average Bonchev–Trinajstić information content (AvgIpc) is 2.63. The lowest BCUT2D eigenvalue weighted by molar-refractivity contribution is 0.134. The highest BCUT2D eigenvalue weighted by Gasteiger charge is 2.16. The summed E-state index contributed by atoms with van der Waals surface area (Å²) in [5.41, 5.74) is 1.99. The van der Waals surface area contributed by atoms with Crippen molar-refractivity contribution in [2.45, 2.75) is 12.8 Å². The van der Waals surface area contributed by atoms with Gasteiger partial charge < -0.3 is 9.80 Å². The van der Waals surface area contributed by atoms with Gasteiger partial charge in [0.2, 0.25) is 0 Å². The minimum Gasteiger partial charge on any atom is -0.300 e. The van der Waals surface area contributed by atoms with Crippen molar-refractivity contribution in [2.75, 3.05) is 39.3 Å². The number of rotatable bonds is 6. The van der Waals surface area contributed by atoms with Crippen molar-refractivity contribution < 1.29 is 8.78 Å². The Bertz CT molecular complexity index is 654. The van der Waals surface area contributed by atoms with E-state index < -0.39 is 11.6 Å². The third kappa shape index (κ3) is 8.64. The zero-order valence-electron chi connectivity index (χ0n) is 15.0. The van der Waals surface area contributed by atoms with Crippen LogP contribution in [0.4, 0.5) is 8.78 Å². The van der Waals surface area contributed by atoms with Gasteiger partial charge in [0, 0.05) is 57.6 Å². The first-order valence-electron chi connectivity index (χ1n) is 8.49. The van der Waals surface area contributed by atoms with Gasteiger partial charge in [-0.05, 0) is 36.2 Å². The van der Waals surface area contributed by atoms with E-state index in [0.29, 0.717) is 0 Å². The molecular weight excluding hydrogens is 548 g/mol. The molecule has 1 fully saturated rings. The summed E-state index contributed by atoms with van der Waals surface area (Å²) in [7, 11) is 0. The quantitative estimate of drug-likeness (QED) is 0.507. The minimum atomic E-state index is -0.778. The van der Waals surface area contributed by atoms with Crippen LogP contribution in [-0.4, -0.2) is 54.1 Å². The van der Waals surface area contributed by atoms with E-state index in [1.54, 1.807) is 6.07 Å². The number of hydrogen-bond donors (Lipinski definition) is 0. The molecule has 1 aromatic heterocycles. The molecule has 152 valence electrons. The molecule has 3 nitrogen and oxygen atoms in total. The van der Waals surface area contributed by atoms with Crippen LogP contribution in [0.25, 0.3) is 0 Å². The summed E-state index contributed by atoms with van der Waals surface area (Å²) in [6.45, 7) is 6.06. The van der Waals surface area contributed by atoms with Crippen LogP contribution in [0.1, 0.15) is 11.3 Å². The molecule has 0 aliphatic carbocycles. The molecule has 0 unspecified atom stereocenters. The molecular formula is C19H26Br3F2N3. The summed E-state index contributed by atoms with van der Waals surface area (Å²) in [6, 6.07) is 10.2. The molecule has 0 N–H and O–H groups in total. The normalized spacial score (nSPS) is 14.6. The predicted octanol–water partition coefficient (Wildman–Crippen LogP) is 4.50. The summed E-state index contributed by atoms with van der Waals surface area (Å²) in [5.74, 6) is -1.54. The fourth-order valence-corrected chi connectivity index (χ4v) is 3.04. The van der Waals surface area contributed by atoms with Gasteiger partial charge in [-0.25, -0.2) is 8.78 Å². The van der Waals surface area contributed by atoms with Crippen LogP contribution in [0.2, 0.25) is 0 Å². The highest BCUT2D eigenvalue weighted by molar-refractivity contribution is 8.93. The van der Waals surface area contributed by atoms with E-state index >= 15 is 0 Å². The average molecular weight is 574 g/mol. The lowest BCUT2D eigenvalue weighted by Gasteiger charge is -2.34. The van der Waals surface area contributed by atoms with Crippen LogP contribution in [0.5, 0.6) is 0 Å². The Balaban J connectivity index is 0.00000225. The van der Waals surface area contributed by atoms with Crippen molar-refractivity contribution in [3.63, 3.8) is 0 Å². The third-order valence-electron chi connectivity index (χ3n) is 4.58. The Morgan fingerprint density at radius 2 is 1.41 bits per heavy atom. The van der Waals surface area contributed by atoms with Crippen LogP contribution in [-0.2, 0) is 12.8 Å². The first-order chi connectivity index (χ1) is 11.7. The zero-order valence-corrected chi connectivity index (χ0v) is 20.2. The Kier molecular flexibility index (Phi) is 13.5. The van der Waals surface area contributed by atoms with Crippen LogP contribution >= 0.6 is 50.9 Å². The molecule has 0 atom stereocenters. The molecule has 27 heavy (non-hydrogen) atoms. The number of aromatic nitrogens is 1. The molecule has 1 aliphatic rings. The van der Waals surface area contributed by atoms with Crippen molar-refractivity contribution in [2.24, 2.45) is 0 Å². The second-order valence-corrected chi connectivity index (χ2v) is 6.25. The van der Waals surface area contributed by atoms with E-state index in [1.807, 2.05) is 18.3 Å². The minimum absolute atomic E-state index is 0. The van der Waals surface area contributed by atoms with Gasteiger partial charge in [-0.3, -0.25) is 4.98 Å². The lowest BCUT2D eigenvalue weighted by atomic mass is 10.1. The van der Waals surface area contributed by atoms with Crippen LogP contribution < -0.4 is 0 Å². The van der Waals surface area contributed by atoms with Gasteiger partial charge in [0.05, 0.1) is 0 Å². The highest BCUT2D eigenvalue weighted by Crippen LogP contribution is 2.11. The number of piperazine rings is 1. The fourth-order valence-electron chi connectivity index (χ4n) is 3.04. The van der Waals surface area contributed by atoms with E-state index in [-0.39, 0.29) is 50.9 Å². The molecule has 2 heterocycles. The lowest BCUT2D eigenvalue weighted by Crippen LogP contribution is -2.47. The van der Waals surface area contributed by atoms with Crippen molar-refractivity contribution in [3.05, 3.63) is 65.5 Å². The van der Waals surface area contributed by atoms with Crippen LogP contribution in [0.3, 0.4) is 0 Å². The number of halogens is 5. The van der Waals surface area contributed by atoms with Gasteiger partial charge >= 0.3 is 0 Å². The van der Waals surface area contributed by atoms with E-state index in [4.69, 9.17) is 0 Å². The van der Waals surface area contributed by atoms with E-state index in [9.17, 15) is 8.78 Å². The van der Waals surface area contributed by atoms with E-state index in [2.05, 4.69) is 20.9 Å². The SMILES string of the molecule is Br.Br.Br.Fc1ccc(CCN2CCN(CCc3ccccn3)CC2)cc1F. The molecule has 1 aliphatic heterocycles. The predicted molar refractivity (Wildman–Crippen MR) is 122 cm³/mol. The van der Waals surface area contributed by atoms with Gasteiger partial charge in [0.1, 0.15) is 0 Å². The molecule has 0 amide bonds. The monoisotopic (exact) mass is 571 g/mol. The number of nitrogens with zero attached hydrogens (tertiary/aromatic N) is 3. The third-order valence-corrected chi connectivity index (χ3v) is 4.58. The smallest absolute Gasteiger partial charge is 0.159 e. The molecule has 2 aromatic rings. The standard InChI is InChI=1S/C19H23F2N3.3BrH/c20-18-5-4-16(15-19(18)21)6-9-23-11-13-24(14-12-23)10-7-17-3-1-2-8-22-17;;;/h1-5,8,15H,6-7,9-14H2;3*1H. The first-order valence-corrected chi connectivity index (χ1v) is 8.49. The van der Waals surface area contributed by atoms with E-state index in [0.717, 1.165) is 63.4 Å². The van der Waals surface area contributed by atoms with Gasteiger partial charge in [-0.2, -0.15) is 0 Å². The van der Waals surface area contributed by atoms with Crippen molar-refractivity contribution in [1.29, 1.82) is 0 Å². The van der Waals surface area contributed by atoms with Crippen molar-refractivity contribution >= 4 is 50.9 Å². The maximum atomic E-state index is 13.2. The topological polar surface area (TPSA) is 19.4 Å². The van der Waals surface area contributed by atoms with Gasteiger partial charge in [-0.1, -0.05) is 12.1 Å². The first kappa shape index (κ1) is 26.6. The maximum Gasteiger partial charge on any atom is 0.159 e. The summed E-state index contributed by atoms with van der Waals surface area (Å²) >= 11 is 0. The van der Waals surface area contributed by atoms with Crippen LogP contribution in [0.15, 0.2) is 42.6 Å². The molecule has 8 heteroatoms. The fraction of sp³-hybridized carbons (Fsp3) is 0.421. The second kappa shape index (κ2) is 13.7. The molecule has 0 bridgehead atoms. The summed E-state index contributed by atoms with van der Waals surface area (Å²) < 4.78 is 26.2. The summed E-state index contributed by atoms with van der Waals surface area (Å²) in [6.07, 6.45) is 3.58. The van der Waals surface area contributed by atoms with Gasteiger partial charge in [0.15, 0.2) is 11.6 Å². The van der Waals surface area contributed by atoms with Gasteiger partial charge in [-0.15, -0.1) is 50.9 Å². The number of pyridine rings is 1. The maximum absolute atomic E-state index is 13.2. The van der Waals surface area contributed by atoms with E-state index in [1.165, 1.54) is 12.1 Å². The Labute approximate surface area is 191 Å². The number of hydrogen-bond acceptors (Lipinski definition) is 3. The Hall–Kier alpha value is -0.410. The summed E-state index contributed by atoms with van der Waals surface area (Å²) in [5, 5.41) is 0. The van der Waals surface area contributed by atoms with Gasteiger partial charge in [0.25, 0.3) is 0 Å². The molecule has 1 aromatic carbocycles. The number of benzene rings is 1. The molecule has 0 spiro atoms. The molecule has 1 saturated heterocycles. The Morgan fingerprint density at radius 1 is 0.778 bits per heavy atom. The second-order valence-electron chi connectivity index (χ2n) is 6.25. The molecule has 0 radical (unpaired) electrons.